The molecule has 0 unspecified atom stereocenters. The van der Waals surface area contributed by atoms with E-state index in [1.807, 2.05) is 0 Å². The van der Waals surface area contributed by atoms with Gasteiger partial charge in [0, 0.05) is 0 Å². The fourth-order valence-corrected chi connectivity index (χ4v) is 13.5. The van der Waals surface area contributed by atoms with Gasteiger partial charge in [-0.2, -0.15) is 0 Å². The third-order valence-corrected chi connectivity index (χ3v) is 16.5. The van der Waals surface area contributed by atoms with Gasteiger partial charge in [0.15, 0.2) is 0 Å². The molecule has 9 aromatic carbocycles. The van der Waals surface area contributed by atoms with E-state index in [-0.39, 0.29) is 35.9 Å². The Labute approximate surface area is 378 Å². The van der Waals surface area contributed by atoms with E-state index in [2.05, 4.69) is 273 Å². The van der Waals surface area contributed by atoms with Gasteiger partial charge >= 0.3 is 19.5 Å². The molecule has 0 saturated heterocycles. The van der Waals surface area contributed by atoms with Crippen LogP contribution in [-0.2, 0) is 19.5 Å². The molecule has 0 amide bonds. The molecule has 0 aliphatic heterocycles. The molecule has 0 fully saturated rings. The Hall–Kier alpha value is -5.23. The standard InChI is InChI=1S/3C18H15P.3H2O.Ru/c3*1-4-10-16(11-5-1)19(17-12-6-2-7-13-17)18-14-8-3-9-15-18;;;;/h3*1-15H;3*1H2;/q;;;;;;+2/p-2. The van der Waals surface area contributed by atoms with Crippen LogP contribution < -0.4 is 47.7 Å². The van der Waals surface area contributed by atoms with E-state index in [4.69, 9.17) is 0 Å². The van der Waals surface area contributed by atoms with Gasteiger partial charge in [0.2, 0.25) is 0 Å². The minimum Gasteiger partial charge on any atom is -0.870 e. The van der Waals surface area contributed by atoms with Gasteiger partial charge in [-0.05, 0) is 71.5 Å². The van der Waals surface area contributed by atoms with E-state index in [0.717, 1.165) is 0 Å². The Bertz CT molecular complexity index is 1880. The van der Waals surface area contributed by atoms with Crippen LogP contribution in [0.25, 0.3) is 0 Å². The van der Waals surface area contributed by atoms with Crippen LogP contribution >= 0.6 is 23.8 Å². The van der Waals surface area contributed by atoms with Crippen molar-refractivity contribution in [3.63, 3.8) is 0 Å². The summed E-state index contributed by atoms with van der Waals surface area (Å²) in [4.78, 5) is 0. The molecule has 4 N–H and O–H groups in total. The van der Waals surface area contributed by atoms with Gasteiger partial charge in [0.25, 0.3) is 0 Å². The smallest absolute Gasteiger partial charge is 0.870 e. The summed E-state index contributed by atoms with van der Waals surface area (Å²) in [5, 5.41) is 12.6. The second kappa shape index (κ2) is 27.6. The van der Waals surface area contributed by atoms with Crippen LogP contribution in [0.2, 0.25) is 0 Å². The maximum absolute atomic E-state index is 2.23. The van der Waals surface area contributed by atoms with Crippen LogP contribution in [0.3, 0.4) is 0 Å². The number of hydrogen-bond acceptors (Lipinski definition) is 2. The summed E-state index contributed by atoms with van der Waals surface area (Å²) in [7, 11) is -1.34. The SMILES string of the molecule is O.[OH-].[OH-].[Ru+2].c1ccc(P(c2ccccc2)c2ccccc2)cc1.c1ccc(P(c2ccccc2)c2ccccc2)cc1.c1ccc(P(c2ccccc2)c2ccccc2)cc1. The van der Waals surface area contributed by atoms with Crippen molar-refractivity contribution in [3.05, 3.63) is 273 Å². The predicted molar refractivity (Wildman–Crippen MR) is 263 cm³/mol. The molecular formula is C54H49O3P3Ru. The van der Waals surface area contributed by atoms with Crippen molar-refractivity contribution in [1.82, 2.24) is 0 Å². The van der Waals surface area contributed by atoms with Crippen molar-refractivity contribution < 1.29 is 35.9 Å². The first-order chi connectivity index (χ1) is 28.3. The maximum atomic E-state index is 2.23. The molecule has 0 aromatic heterocycles. The van der Waals surface area contributed by atoms with E-state index in [0.29, 0.717) is 0 Å². The summed E-state index contributed by atoms with van der Waals surface area (Å²) in [6.45, 7) is 0. The molecule has 9 aromatic rings. The normalized spacial score (nSPS) is 9.89. The van der Waals surface area contributed by atoms with Gasteiger partial charge in [-0.25, -0.2) is 0 Å². The Morgan fingerprint density at radius 1 is 0.164 bits per heavy atom. The Morgan fingerprint density at radius 3 is 0.328 bits per heavy atom. The second-order valence-corrected chi connectivity index (χ2v) is 19.7. The zero-order chi connectivity index (χ0) is 38.7. The number of hydrogen-bond donors (Lipinski definition) is 0. The molecule has 306 valence electrons. The fourth-order valence-electron chi connectivity index (χ4n) is 6.54. The van der Waals surface area contributed by atoms with Crippen LogP contribution in [0.5, 0.6) is 0 Å². The van der Waals surface area contributed by atoms with Gasteiger partial charge in [-0.1, -0.05) is 273 Å². The summed E-state index contributed by atoms with van der Waals surface area (Å²) < 4.78 is 0. The average Bonchev–Trinajstić information content (AvgIpc) is 3.30. The van der Waals surface area contributed by atoms with Gasteiger partial charge in [0.05, 0.1) is 0 Å². The molecule has 7 heteroatoms. The van der Waals surface area contributed by atoms with Gasteiger partial charge in [-0.3, -0.25) is 0 Å². The second-order valence-electron chi connectivity index (χ2n) is 13.0. The van der Waals surface area contributed by atoms with Crippen molar-refractivity contribution in [2.75, 3.05) is 0 Å². The van der Waals surface area contributed by atoms with Crippen molar-refractivity contribution in [1.29, 1.82) is 0 Å². The van der Waals surface area contributed by atoms with Crippen molar-refractivity contribution in [2.45, 2.75) is 0 Å². The van der Waals surface area contributed by atoms with Crippen LogP contribution in [-0.4, -0.2) is 16.4 Å². The quantitative estimate of drug-likeness (QED) is 0.107. The molecule has 0 bridgehead atoms. The van der Waals surface area contributed by atoms with Gasteiger partial charge in [-0.15, -0.1) is 0 Å². The Kier molecular flexibility index (Phi) is 22.7. The van der Waals surface area contributed by atoms with Crippen molar-refractivity contribution >= 4 is 71.5 Å². The van der Waals surface area contributed by atoms with E-state index in [1.165, 1.54) is 47.7 Å². The topological polar surface area (TPSA) is 91.5 Å². The van der Waals surface area contributed by atoms with Gasteiger partial charge in [0.1, 0.15) is 0 Å². The first-order valence-corrected chi connectivity index (χ1v) is 23.2. The molecule has 0 radical (unpaired) electrons. The van der Waals surface area contributed by atoms with Crippen molar-refractivity contribution in [3.8, 4) is 0 Å². The van der Waals surface area contributed by atoms with Crippen LogP contribution in [0.15, 0.2) is 273 Å². The van der Waals surface area contributed by atoms with E-state index in [9.17, 15) is 0 Å². The summed E-state index contributed by atoms with van der Waals surface area (Å²) in [5.41, 5.74) is 0. The van der Waals surface area contributed by atoms with Crippen molar-refractivity contribution in [2.24, 2.45) is 0 Å². The van der Waals surface area contributed by atoms with Crippen LogP contribution in [0.1, 0.15) is 0 Å². The summed E-state index contributed by atoms with van der Waals surface area (Å²) in [5.74, 6) is 0. The molecule has 0 heterocycles. The molecule has 0 atom stereocenters. The van der Waals surface area contributed by atoms with Crippen LogP contribution in [0.4, 0.5) is 0 Å². The zero-order valence-corrected chi connectivity index (χ0v) is 38.0. The first kappa shape index (κ1) is 50.1. The van der Waals surface area contributed by atoms with E-state index < -0.39 is 23.8 Å². The largest absolute Gasteiger partial charge is 2.00 e. The molecule has 61 heavy (non-hydrogen) atoms. The van der Waals surface area contributed by atoms with Crippen LogP contribution in [0, 0.1) is 0 Å². The summed E-state index contributed by atoms with van der Waals surface area (Å²) in [6, 6.07) is 97.0. The molecule has 0 aliphatic carbocycles. The van der Waals surface area contributed by atoms with Gasteiger partial charge < -0.3 is 16.4 Å². The minimum absolute atomic E-state index is 0. The minimum atomic E-state index is -0.446. The molecule has 9 rings (SSSR count). The fraction of sp³-hybridized carbons (Fsp3) is 0. The summed E-state index contributed by atoms with van der Waals surface area (Å²) in [6.07, 6.45) is 0. The Balaban J connectivity index is 0.000000236. The van der Waals surface area contributed by atoms with E-state index >= 15 is 0 Å². The molecule has 0 spiro atoms. The molecule has 0 saturated carbocycles. The third-order valence-electron chi connectivity index (χ3n) is 9.13. The predicted octanol–water partition coefficient (Wildman–Crippen LogP) is 9.15. The Morgan fingerprint density at radius 2 is 0.246 bits per heavy atom. The summed E-state index contributed by atoms with van der Waals surface area (Å²) >= 11 is 0. The van der Waals surface area contributed by atoms with E-state index in [1.54, 1.807) is 0 Å². The average molecular weight is 940 g/mol. The molecule has 3 nitrogen and oxygen atoms in total. The molecule has 0 aliphatic rings. The molecular weight excluding hydrogens is 891 g/mol. The number of benzene rings is 9. The first-order valence-electron chi connectivity index (χ1n) is 19.2. The third kappa shape index (κ3) is 14.4. The maximum Gasteiger partial charge on any atom is 2.00 e. The number of rotatable bonds is 9. The zero-order valence-electron chi connectivity index (χ0n) is 33.6. The monoisotopic (exact) mass is 940 g/mol.